The summed E-state index contributed by atoms with van der Waals surface area (Å²) in [7, 11) is 0. The first kappa shape index (κ1) is 14.3. The first-order valence-corrected chi connectivity index (χ1v) is 8.53. The minimum atomic E-state index is 0.0249. The van der Waals surface area contributed by atoms with Crippen molar-refractivity contribution in [2.45, 2.75) is 31.7 Å². The Morgan fingerprint density at radius 1 is 1.00 bits per heavy atom. The van der Waals surface area contributed by atoms with Crippen LogP contribution < -0.4 is 5.73 Å². The second kappa shape index (κ2) is 6.00. The molecule has 2 N–H and O–H groups in total. The second-order valence-corrected chi connectivity index (χ2v) is 7.20. The Kier molecular flexibility index (Phi) is 4.29. The zero-order chi connectivity index (χ0) is 14.1. The SMILES string of the molecule is NC(Cc1ccc2c(c1)CCC2)c1ccc(Br)cc1Br. The van der Waals surface area contributed by atoms with Crippen LogP contribution in [0.25, 0.3) is 0 Å². The quantitative estimate of drug-likeness (QED) is 0.783. The molecule has 3 rings (SSSR count). The Hall–Kier alpha value is -0.640. The molecule has 20 heavy (non-hydrogen) atoms. The van der Waals surface area contributed by atoms with Gasteiger partial charge >= 0.3 is 0 Å². The van der Waals surface area contributed by atoms with Gasteiger partial charge in [-0.25, -0.2) is 0 Å². The van der Waals surface area contributed by atoms with Crippen molar-refractivity contribution in [3.8, 4) is 0 Å². The summed E-state index contributed by atoms with van der Waals surface area (Å²) < 4.78 is 2.14. The maximum Gasteiger partial charge on any atom is 0.0347 e. The number of rotatable bonds is 3. The maximum atomic E-state index is 6.38. The van der Waals surface area contributed by atoms with Crippen molar-refractivity contribution in [1.82, 2.24) is 0 Å². The number of hydrogen-bond acceptors (Lipinski definition) is 1. The monoisotopic (exact) mass is 393 g/mol. The summed E-state index contributed by atoms with van der Waals surface area (Å²) in [6.07, 6.45) is 4.64. The fraction of sp³-hybridized carbons (Fsp3) is 0.294. The highest BCUT2D eigenvalue weighted by atomic mass is 79.9. The van der Waals surface area contributed by atoms with Crippen molar-refractivity contribution in [3.05, 3.63) is 67.6 Å². The third-order valence-corrected chi connectivity index (χ3v) is 5.16. The molecule has 0 heterocycles. The minimum Gasteiger partial charge on any atom is -0.324 e. The molecule has 2 aromatic rings. The van der Waals surface area contributed by atoms with Crippen molar-refractivity contribution in [1.29, 1.82) is 0 Å². The number of halogens is 2. The number of aryl methyl sites for hydroxylation is 2. The van der Waals surface area contributed by atoms with Crippen LogP contribution in [0.4, 0.5) is 0 Å². The van der Waals surface area contributed by atoms with E-state index >= 15 is 0 Å². The predicted molar refractivity (Wildman–Crippen MR) is 90.9 cm³/mol. The fourth-order valence-electron chi connectivity index (χ4n) is 2.92. The number of nitrogens with two attached hydrogens (primary N) is 1. The van der Waals surface area contributed by atoms with Crippen molar-refractivity contribution in [3.63, 3.8) is 0 Å². The van der Waals surface area contributed by atoms with Gasteiger partial charge in [0.1, 0.15) is 0 Å². The second-order valence-electron chi connectivity index (χ2n) is 5.43. The molecule has 0 saturated heterocycles. The molecule has 0 aromatic heterocycles. The molecule has 1 aliphatic rings. The van der Waals surface area contributed by atoms with Crippen molar-refractivity contribution in [2.24, 2.45) is 5.73 Å². The van der Waals surface area contributed by atoms with Crippen LogP contribution in [0.3, 0.4) is 0 Å². The molecule has 0 spiro atoms. The van der Waals surface area contributed by atoms with Crippen molar-refractivity contribution in [2.75, 3.05) is 0 Å². The van der Waals surface area contributed by atoms with Gasteiger partial charge in [0.05, 0.1) is 0 Å². The molecule has 1 aliphatic carbocycles. The minimum absolute atomic E-state index is 0.0249. The normalized spacial score (nSPS) is 15.2. The molecule has 1 unspecified atom stereocenters. The van der Waals surface area contributed by atoms with Gasteiger partial charge in [-0.1, -0.05) is 56.1 Å². The van der Waals surface area contributed by atoms with Crippen LogP contribution in [-0.2, 0) is 19.3 Å². The van der Waals surface area contributed by atoms with Crippen LogP contribution in [0.2, 0.25) is 0 Å². The van der Waals surface area contributed by atoms with Gasteiger partial charge in [0.15, 0.2) is 0 Å². The van der Waals surface area contributed by atoms with Crippen LogP contribution in [0.15, 0.2) is 45.3 Å². The Morgan fingerprint density at radius 2 is 1.80 bits per heavy atom. The lowest BCUT2D eigenvalue weighted by atomic mass is 9.97. The number of benzene rings is 2. The average molecular weight is 395 g/mol. The molecular weight excluding hydrogens is 378 g/mol. The summed E-state index contributed by atoms with van der Waals surface area (Å²) in [5.74, 6) is 0. The van der Waals surface area contributed by atoms with Crippen LogP contribution in [-0.4, -0.2) is 0 Å². The molecule has 0 bridgehead atoms. The molecule has 104 valence electrons. The molecule has 1 atom stereocenters. The number of fused-ring (bicyclic) bond motifs is 1. The fourth-order valence-corrected chi connectivity index (χ4v) is 4.26. The zero-order valence-electron chi connectivity index (χ0n) is 11.2. The van der Waals surface area contributed by atoms with E-state index in [2.05, 4.69) is 62.2 Å². The molecule has 3 heteroatoms. The molecule has 0 aliphatic heterocycles. The van der Waals surface area contributed by atoms with Crippen LogP contribution in [0.1, 0.15) is 34.7 Å². The van der Waals surface area contributed by atoms with Gasteiger partial charge in [-0.2, -0.15) is 0 Å². The number of hydrogen-bond donors (Lipinski definition) is 1. The van der Waals surface area contributed by atoms with Gasteiger partial charge in [0.25, 0.3) is 0 Å². The average Bonchev–Trinajstić information content (AvgIpc) is 2.85. The summed E-state index contributed by atoms with van der Waals surface area (Å²) in [6, 6.07) is 13.1. The van der Waals surface area contributed by atoms with E-state index in [4.69, 9.17) is 5.73 Å². The van der Waals surface area contributed by atoms with Gasteiger partial charge < -0.3 is 5.73 Å². The van der Waals surface area contributed by atoms with Gasteiger partial charge in [-0.15, -0.1) is 0 Å². The lowest BCUT2D eigenvalue weighted by Gasteiger charge is -2.15. The lowest BCUT2D eigenvalue weighted by Crippen LogP contribution is -2.14. The van der Waals surface area contributed by atoms with Gasteiger partial charge in [0, 0.05) is 15.0 Å². The molecule has 1 nitrogen and oxygen atoms in total. The van der Waals surface area contributed by atoms with Crippen molar-refractivity contribution < 1.29 is 0 Å². The summed E-state index contributed by atoms with van der Waals surface area (Å²) in [4.78, 5) is 0. The van der Waals surface area contributed by atoms with Gasteiger partial charge in [-0.05, 0) is 60.1 Å². The topological polar surface area (TPSA) is 26.0 Å². The molecule has 0 fully saturated rings. The van der Waals surface area contributed by atoms with E-state index in [1.165, 1.54) is 36.0 Å². The van der Waals surface area contributed by atoms with E-state index in [1.54, 1.807) is 0 Å². The van der Waals surface area contributed by atoms with E-state index in [-0.39, 0.29) is 6.04 Å². The summed E-state index contributed by atoms with van der Waals surface area (Å²) in [5.41, 5.74) is 11.9. The van der Waals surface area contributed by atoms with Crippen LogP contribution in [0, 0.1) is 0 Å². The highest BCUT2D eigenvalue weighted by Gasteiger charge is 2.14. The summed E-state index contributed by atoms with van der Waals surface area (Å²) in [5, 5.41) is 0. The molecule has 2 aromatic carbocycles. The third kappa shape index (κ3) is 3.00. The summed E-state index contributed by atoms with van der Waals surface area (Å²) >= 11 is 7.08. The Labute approximate surface area is 136 Å². The first-order valence-electron chi connectivity index (χ1n) is 6.94. The van der Waals surface area contributed by atoms with Crippen molar-refractivity contribution >= 4 is 31.9 Å². The standard InChI is InChI=1S/C17H17Br2N/c18-14-6-7-15(16(19)10-14)17(20)9-11-4-5-12-2-1-3-13(12)8-11/h4-8,10,17H,1-3,9,20H2. The highest BCUT2D eigenvalue weighted by Crippen LogP contribution is 2.29. The lowest BCUT2D eigenvalue weighted by molar-refractivity contribution is 0.717. The molecule has 0 saturated carbocycles. The Balaban J connectivity index is 1.80. The van der Waals surface area contributed by atoms with Crippen LogP contribution in [0.5, 0.6) is 0 Å². The highest BCUT2D eigenvalue weighted by molar-refractivity contribution is 9.11. The van der Waals surface area contributed by atoms with Gasteiger partial charge in [0.2, 0.25) is 0 Å². The maximum absolute atomic E-state index is 6.38. The summed E-state index contributed by atoms with van der Waals surface area (Å²) in [6.45, 7) is 0. The largest absolute Gasteiger partial charge is 0.324 e. The molecule has 0 radical (unpaired) electrons. The predicted octanol–water partition coefficient (Wildman–Crippen LogP) is 4.94. The molecular formula is C17H17Br2N. The Morgan fingerprint density at radius 3 is 2.60 bits per heavy atom. The van der Waals surface area contributed by atoms with E-state index in [0.717, 1.165) is 20.9 Å². The van der Waals surface area contributed by atoms with E-state index in [1.807, 2.05) is 6.07 Å². The molecule has 0 amide bonds. The van der Waals surface area contributed by atoms with E-state index in [9.17, 15) is 0 Å². The van der Waals surface area contributed by atoms with Crippen LogP contribution >= 0.6 is 31.9 Å². The van der Waals surface area contributed by atoms with Gasteiger partial charge in [-0.3, -0.25) is 0 Å². The Bertz CT molecular complexity index is 637. The van der Waals surface area contributed by atoms with E-state index in [0.29, 0.717) is 0 Å². The smallest absolute Gasteiger partial charge is 0.0347 e. The zero-order valence-corrected chi connectivity index (χ0v) is 14.4. The third-order valence-electron chi connectivity index (χ3n) is 3.98. The van der Waals surface area contributed by atoms with E-state index < -0.39 is 0 Å². The first-order chi connectivity index (χ1) is 9.63.